The van der Waals surface area contributed by atoms with E-state index in [0.29, 0.717) is 12.8 Å². The van der Waals surface area contributed by atoms with E-state index in [0.717, 1.165) is 11.3 Å². The molecule has 0 unspecified atom stereocenters. The van der Waals surface area contributed by atoms with Crippen LogP contribution >= 0.6 is 11.3 Å². The number of hydrogen-bond donors (Lipinski definition) is 2. The topological polar surface area (TPSA) is 112 Å². The van der Waals surface area contributed by atoms with Crippen LogP contribution < -0.4 is 4.72 Å². The molecule has 1 aliphatic rings. The summed E-state index contributed by atoms with van der Waals surface area (Å²) >= 11 is 1.09. The molecule has 0 aliphatic carbocycles. The first kappa shape index (κ1) is 13.2. The van der Waals surface area contributed by atoms with Crippen molar-refractivity contribution in [2.75, 3.05) is 17.8 Å². The first-order chi connectivity index (χ1) is 8.49. The molecule has 8 nitrogen and oxygen atoms in total. The Morgan fingerprint density at radius 1 is 1.50 bits per heavy atom. The van der Waals surface area contributed by atoms with Gasteiger partial charge in [0.1, 0.15) is 5.51 Å². The zero-order chi connectivity index (χ0) is 13.2. The van der Waals surface area contributed by atoms with Crippen LogP contribution in [0.1, 0.15) is 12.8 Å². The molecule has 1 aliphatic heterocycles. The highest BCUT2D eigenvalue weighted by atomic mass is 32.2. The number of carboxylic acid groups (broad SMARTS) is 1. The van der Waals surface area contributed by atoms with E-state index in [9.17, 15) is 13.2 Å². The highest BCUT2D eigenvalue weighted by Gasteiger charge is 2.31. The second-order valence-electron chi connectivity index (χ2n) is 3.86. The number of nitrogens with one attached hydrogen (secondary N) is 1. The number of piperidine rings is 1. The van der Waals surface area contributed by atoms with Crippen molar-refractivity contribution in [1.29, 1.82) is 0 Å². The molecule has 10 heteroatoms. The fourth-order valence-electron chi connectivity index (χ4n) is 1.74. The molecular weight excluding hydrogens is 280 g/mol. The monoisotopic (exact) mass is 292 g/mol. The van der Waals surface area contributed by atoms with Gasteiger partial charge in [0.2, 0.25) is 5.13 Å². The van der Waals surface area contributed by atoms with Gasteiger partial charge in [-0.3, -0.25) is 4.79 Å². The van der Waals surface area contributed by atoms with Gasteiger partial charge in [-0.05, 0) is 12.8 Å². The Bertz CT molecular complexity index is 507. The smallest absolute Gasteiger partial charge is 0.306 e. The molecule has 0 atom stereocenters. The third kappa shape index (κ3) is 2.94. The summed E-state index contributed by atoms with van der Waals surface area (Å²) in [4.78, 5) is 10.8. The highest BCUT2D eigenvalue weighted by molar-refractivity contribution is 7.90. The van der Waals surface area contributed by atoms with Gasteiger partial charge >= 0.3 is 16.2 Å². The van der Waals surface area contributed by atoms with E-state index in [1.54, 1.807) is 0 Å². The van der Waals surface area contributed by atoms with Crippen molar-refractivity contribution < 1.29 is 18.3 Å². The van der Waals surface area contributed by atoms with Gasteiger partial charge in [-0.15, -0.1) is 10.2 Å². The van der Waals surface area contributed by atoms with Crippen LogP contribution in [0.3, 0.4) is 0 Å². The Morgan fingerprint density at radius 3 is 2.67 bits per heavy atom. The quantitative estimate of drug-likeness (QED) is 0.807. The van der Waals surface area contributed by atoms with Crippen LogP contribution in [-0.2, 0) is 15.0 Å². The van der Waals surface area contributed by atoms with Crippen molar-refractivity contribution in [3.63, 3.8) is 0 Å². The maximum absolute atomic E-state index is 11.9. The van der Waals surface area contributed by atoms with Crippen LogP contribution in [0.15, 0.2) is 5.51 Å². The molecule has 2 N–H and O–H groups in total. The van der Waals surface area contributed by atoms with Crippen LogP contribution in [0, 0.1) is 5.92 Å². The third-order valence-electron chi connectivity index (χ3n) is 2.72. The van der Waals surface area contributed by atoms with E-state index >= 15 is 0 Å². The molecule has 0 spiro atoms. The summed E-state index contributed by atoms with van der Waals surface area (Å²) in [5.41, 5.74) is 1.43. The molecule has 1 saturated heterocycles. The molecule has 1 aromatic heterocycles. The molecular formula is C8H12N4O4S2. The number of rotatable bonds is 4. The van der Waals surface area contributed by atoms with Gasteiger partial charge in [-0.1, -0.05) is 11.3 Å². The summed E-state index contributed by atoms with van der Waals surface area (Å²) < 4.78 is 27.4. The minimum Gasteiger partial charge on any atom is -0.481 e. The number of carbonyl (C=O) groups is 1. The molecule has 2 heterocycles. The fraction of sp³-hybridized carbons (Fsp3) is 0.625. The number of aliphatic carboxylic acids is 1. The number of hydrogen-bond acceptors (Lipinski definition) is 6. The summed E-state index contributed by atoms with van der Waals surface area (Å²) in [6.07, 6.45) is 0.652. The molecule has 0 amide bonds. The molecule has 18 heavy (non-hydrogen) atoms. The number of nitrogens with zero attached hydrogens (tertiary/aromatic N) is 3. The molecule has 2 rings (SSSR count). The Kier molecular flexibility index (Phi) is 3.78. The minimum absolute atomic E-state index is 0.200. The van der Waals surface area contributed by atoms with E-state index in [1.165, 1.54) is 9.82 Å². The Labute approximate surface area is 108 Å². The van der Waals surface area contributed by atoms with E-state index in [2.05, 4.69) is 14.9 Å². The van der Waals surface area contributed by atoms with Crippen LogP contribution in [0.4, 0.5) is 5.13 Å². The van der Waals surface area contributed by atoms with Gasteiger partial charge in [-0.25, -0.2) is 4.72 Å². The van der Waals surface area contributed by atoms with Crippen molar-refractivity contribution in [3.05, 3.63) is 5.51 Å². The summed E-state index contributed by atoms with van der Waals surface area (Å²) in [5.74, 6) is -1.33. The van der Waals surface area contributed by atoms with Crippen LogP contribution in [0.25, 0.3) is 0 Å². The largest absolute Gasteiger partial charge is 0.481 e. The van der Waals surface area contributed by atoms with E-state index < -0.39 is 22.1 Å². The molecule has 0 bridgehead atoms. The molecule has 1 fully saturated rings. The van der Waals surface area contributed by atoms with Gasteiger partial charge < -0.3 is 5.11 Å². The predicted molar refractivity (Wildman–Crippen MR) is 64.4 cm³/mol. The molecule has 0 aromatic carbocycles. The summed E-state index contributed by atoms with van der Waals surface area (Å²) in [7, 11) is -3.66. The van der Waals surface area contributed by atoms with Gasteiger partial charge in [0, 0.05) is 13.1 Å². The van der Waals surface area contributed by atoms with Gasteiger partial charge in [0.15, 0.2) is 0 Å². The Morgan fingerprint density at radius 2 is 2.17 bits per heavy atom. The third-order valence-corrected chi connectivity index (χ3v) is 4.95. The molecule has 1 aromatic rings. The lowest BCUT2D eigenvalue weighted by Crippen LogP contribution is -2.42. The molecule has 0 radical (unpaired) electrons. The average molecular weight is 292 g/mol. The van der Waals surface area contributed by atoms with Crippen molar-refractivity contribution in [2.24, 2.45) is 5.92 Å². The molecule has 0 saturated carbocycles. The first-order valence-corrected chi connectivity index (χ1v) is 7.58. The average Bonchev–Trinajstić information content (AvgIpc) is 2.81. The van der Waals surface area contributed by atoms with E-state index in [4.69, 9.17) is 5.11 Å². The lowest BCUT2D eigenvalue weighted by atomic mass is 9.99. The number of anilines is 1. The Balaban J connectivity index is 1.98. The zero-order valence-corrected chi connectivity index (χ0v) is 10.9. The van der Waals surface area contributed by atoms with Gasteiger partial charge in [0.25, 0.3) is 0 Å². The lowest BCUT2D eigenvalue weighted by molar-refractivity contribution is -0.142. The van der Waals surface area contributed by atoms with Gasteiger partial charge in [-0.2, -0.15) is 12.7 Å². The first-order valence-electron chi connectivity index (χ1n) is 5.26. The van der Waals surface area contributed by atoms with Crippen molar-refractivity contribution in [1.82, 2.24) is 14.5 Å². The minimum atomic E-state index is -3.66. The zero-order valence-electron chi connectivity index (χ0n) is 9.31. The maximum atomic E-state index is 11.9. The van der Waals surface area contributed by atoms with Crippen molar-refractivity contribution >= 4 is 32.6 Å². The second kappa shape index (κ2) is 5.16. The van der Waals surface area contributed by atoms with Crippen molar-refractivity contribution in [2.45, 2.75) is 12.8 Å². The highest BCUT2D eigenvalue weighted by Crippen LogP contribution is 2.21. The summed E-state index contributed by atoms with van der Waals surface area (Å²) in [6.45, 7) is 0.399. The van der Waals surface area contributed by atoms with Crippen LogP contribution in [0.2, 0.25) is 0 Å². The van der Waals surface area contributed by atoms with Crippen molar-refractivity contribution in [3.8, 4) is 0 Å². The van der Waals surface area contributed by atoms with E-state index in [-0.39, 0.29) is 18.2 Å². The van der Waals surface area contributed by atoms with Gasteiger partial charge in [0.05, 0.1) is 5.92 Å². The number of aromatic nitrogens is 2. The Hall–Kier alpha value is -1.26. The van der Waals surface area contributed by atoms with Crippen LogP contribution in [0.5, 0.6) is 0 Å². The normalized spacial score (nSPS) is 18.7. The van der Waals surface area contributed by atoms with Crippen LogP contribution in [-0.4, -0.2) is 47.1 Å². The lowest BCUT2D eigenvalue weighted by Gasteiger charge is -2.28. The fourth-order valence-corrected chi connectivity index (χ4v) is 3.61. The predicted octanol–water partition coefficient (Wildman–Crippen LogP) is -0.00860. The van der Waals surface area contributed by atoms with E-state index in [1.807, 2.05) is 0 Å². The molecule has 100 valence electrons. The summed E-state index contributed by atoms with van der Waals surface area (Å²) in [5, 5.41) is 16.2. The standard InChI is InChI=1S/C8H12N4O4S2/c13-7(14)6-1-3-12(4-2-6)18(15,16)11-8-10-9-5-17-8/h5-6H,1-4H2,(H,10,11)(H,13,14). The second-order valence-corrected chi connectivity index (χ2v) is 6.37. The SMILES string of the molecule is O=C(O)C1CCN(S(=O)(=O)Nc2nncs2)CC1. The summed E-state index contributed by atoms with van der Waals surface area (Å²) in [6, 6.07) is 0. The maximum Gasteiger partial charge on any atom is 0.306 e. The number of carboxylic acids is 1.